The number of nitrogens with zero attached hydrogens (tertiary/aromatic N) is 1. The van der Waals surface area contributed by atoms with E-state index in [9.17, 15) is 4.39 Å². The van der Waals surface area contributed by atoms with Crippen LogP contribution in [0.1, 0.15) is 23.8 Å². The maximum Gasteiger partial charge on any atom is 0.170 e. The molecule has 1 atom stereocenters. The van der Waals surface area contributed by atoms with Crippen LogP contribution in [0, 0.1) is 5.82 Å². The first-order valence-corrected chi connectivity index (χ1v) is 9.09. The minimum absolute atomic E-state index is 0.249. The van der Waals surface area contributed by atoms with Gasteiger partial charge in [0.2, 0.25) is 0 Å². The lowest BCUT2D eigenvalue weighted by molar-refractivity contribution is 0.249. The molecule has 0 bridgehead atoms. The fourth-order valence-electron chi connectivity index (χ4n) is 2.84. The van der Waals surface area contributed by atoms with Gasteiger partial charge in [-0.05, 0) is 73.9 Å². The summed E-state index contributed by atoms with van der Waals surface area (Å²) in [7, 11) is 0. The molecule has 2 aromatic rings. The Morgan fingerprint density at radius 1 is 1.22 bits per heavy atom. The molecule has 6 heteroatoms. The van der Waals surface area contributed by atoms with Crippen molar-refractivity contribution in [1.29, 1.82) is 0 Å². The summed E-state index contributed by atoms with van der Waals surface area (Å²) in [6.07, 6.45) is 2.53. The maximum atomic E-state index is 12.9. The number of hydrogen-bond acceptors (Lipinski definition) is 3. The fraction of sp³-hybridized carbons (Fsp3) is 0.353. The van der Waals surface area contributed by atoms with Crippen LogP contribution in [-0.4, -0.2) is 29.6 Å². The second-order valence-corrected chi connectivity index (χ2v) is 7.00. The molecule has 1 aliphatic rings. The monoisotopic (exact) mass is 349 g/mol. The number of rotatable bonds is 5. The Kier molecular flexibility index (Phi) is 5.59. The van der Waals surface area contributed by atoms with E-state index in [1.807, 2.05) is 0 Å². The number of nitrogens with one attached hydrogen (secondary N) is 2. The van der Waals surface area contributed by atoms with Crippen molar-refractivity contribution in [3.05, 3.63) is 52.5 Å². The van der Waals surface area contributed by atoms with Crippen molar-refractivity contribution in [2.45, 2.75) is 18.9 Å². The summed E-state index contributed by atoms with van der Waals surface area (Å²) in [5.41, 5.74) is 0.790. The average Bonchev–Trinajstić information content (AvgIpc) is 3.24. The number of thiophene rings is 1. The lowest BCUT2D eigenvalue weighted by Crippen LogP contribution is -2.38. The molecule has 0 saturated carbocycles. The SMILES string of the molecule is Fc1ccc(NC(=S)NC[C@@H](c2cccs2)N2CCCC2)cc1. The molecule has 1 aromatic heterocycles. The van der Waals surface area contributed by atoms with Gasteiger partial charge in [0.05, 0.1) is 6.04 Å². The van der Waals surface area contributed by atoms with Crippen molar-refractivity contribution >= 4 is 34.4 Å². The van der Waals surface area contributed by atoms with Crippen molar-refractivity contribution < 1.29 is 4.39 Å². The van der Waals surface area contributed by atoms with Gasteiger partial charge in [-0.15, -0.1) is 11.3 Å². The van der Waals surface area contributed by atoms with Crippen LogP contribution in [0.2, 0.25) is 0 Å². The first kappa shape index (κ1) is 16.4. The topological polar surface area (TPSA) is 27.3 Å². The molecule has 1 aromatic carbocycles. The minimum Gasteiger partial charge on any atom is -0.360 e. The third kappa shape index (κ3) is 4.50. The Hall–Kier alpha value is -1.50. The van der Waals surface area contributed by atoms with Crippen molar-refractivity contribution in [3.8, 4) is 0 Å². The molecule has 2 heterocycles. The standard InChI is InChI=1S/C17H20FN3S2/c18-13-5-7-14(8-6-13)20-17(22)19-12-15(16-4-3-11-23-16)21-9-1-2-10-21/h3-8,11,15H,1-2,9-10,12H2,(H2,19,20,22)/t15-/m0/s1. The highest BCUT2D eigenvalue weighted by molar-refractivity contribution is 7.80. The number of hydrogen-bond donors (Lipinski definition) is 2. The van der Waals surface area contributed by atoms with Crippen LogP contribution < -0.4 is 10.6 Å². The third-order valence-electron chi connectivity index (χ3n) is 4.01. The molecule has 1 saturated heterocycles. The van der Waals surface area contributed by atoms with E-state index in [-0.39, 0.29) is 5.82 Å². The highest BCUT2D eigenvalue weighted by Gasteiger charge is 2.24. The molecular weight excluding hydrogens is 329 g/mol. The summed E-state index contributed by atoms with van der Waals surface area (Å²) in [5.74, 6) is -0.249. The van der Waals surface area contributed by atoms with Crippen LogP contribution in [0.15, 0.2) is 41.8 Å². The van der Waals surface area contributed by atoms with E-state index in [0.717, 1.165) is 25.3 Å². The molecule has 1 fully saturated rings. The lowest BCUT2D eigenvalue weighted by Gasteiger charge is -2.27. The molecule has 3 nitrogen and oxygen atoms in total. The molecule has 0 amide bonds. The van der Waals surface area contributed by atoms with Crippen LogP contribution in [-0.2, 0) is 0 Å². The van der Waals surface area contributed by atoms with Crippen LogP contribution in [0.5, 0.6) is 0 Å². The summed E-state index contributed by atoms with van der Waals surface area (Å²) >= 11 is 7.15. The molecule has 0 unspecified atom stereocenters. The van der Waals surface area contributed by atoms with Gasteiger partial charge in [-0.1, -0.05) is 6.07 Å². The van der Waals surface area contributed by atoms with E-state index in [1.165, 1.54) is 29.9 Å². The number of halogens is 1. The van der Waals surface area contributed by atoms with Crippen LogP contribution in [0.4, 0.5) is 10.1 Å². The molecule has 3 rings (SSSR count). The molecule has 122 valence electrons. The molecule has 0 aliphatic carbocycles. The molecule has 0 spiro atoms. The van der Waals surface area contributed by atoms with Gasteiger partial charge in [-0.3, -0.25) is 4.90 Å². The molecule has 2 N–H and O–H groups in total. The Morgan fingerprint density at radius 3 is 2.61 bits per heavy atom. The van der Waals surface area contributed by atoms with Crippen LogP contribution >= 0.6 is 23.6 Å². The highest BCUT2D eigenvalue weighted by Crippen LogP contribution is 2.27. The number of anilines is 1. The average molecular weight is 350 g/mol. The number of benzene rings is 1. The van der Waals surface area contributed by atoms with Crippen molar-refractivity contribution in [1.82, 2.24) is 10.2 Å². The summed E-state index contributed by atoms with van der Waals surface area (Å²) in [4.78, 5) is 3.88. The largest absolute Gasteiger partial charge is 0.360 e. The van der Waals surface area contributed by atoms with E-state index in [4.69, 9.17) is 12.2 Å². The van der Waals surface area contributed by atoms with Gasteiger partial charge in [-0.25, -0.2) is 4.39 Å². The van der Waals surface area contributed by atoms with Gasteiger partial charge in [0.1, 0.15) is 5.82 Å². The summed E-state index contributed by atoms with van der Waals surface area (Å²) in [5, 5.41) is 9.09. The van der Waals surface area contributed by atoms with E-state index in [2.05, 4.69) is 33.0 Å². The Labute approximate surface area is 145 Å². The molecule has 0 radical (unpaired) electrons. The summed E-state index contributed by atoms with van der Waals surface area (Å²) in [6.45, 7) is 3.05. The maximum absolute atomic E-state index is 12.9. The zero-order chi connectivity index (χ0) is 16.1. The predicted octanol–water partition coefficient (Wildman–Crippen LogP) is 4.01. The summed E-state index contributed by atoms with van der Waals surface area (Å²) in [6, 6.07) is 10.8. The first-order chi connectivity index (χ1) is 11.2. The van der Waals surface area contributed by atoms with Crippen molar-refractivity contribution in [2.24, 2.45) is 0 Å². The fourth-order valence-corrected chi connectivity index (χ4v) is 3.90. The predicted molar refractivity (Wildman–Crippen MR) is 98.5 cm³/mol. The van der Waals surface area contributed by atoms with Gasteiger partial charge < -0.3 is 10.6 Å². The third-order valence-corrected chi connectivity index (χ3v) is 5.23. The van der Waals surface area contributed by atoms with Gasteiger partial charge in [0.15, 0.2) is 5.11 Å². The normalized spacial score (nSPS) is 16.2. The summed E-state index contributed by atoms with van der Waals surface area (Å²) < 4.78 is 12.9. The van der Waals surface area contributed by atoms with E-state index < -0.39 is 0 Å². The molecule has 23 heavy (non-hydrogen) atoms. The Morgan fingerprint density at radius 2 is 1.96 bits per heavy atom. The first-order valence-electron chi connectivity index (χ1n) is 7.80. The van der Waals surface area contributed by atoms with Crippen molar-refractivity contribution in [3.63, 3.8) is 0 Å². The van der Waals surface area contributed by atoms with Crippen LogP contribution in [0.25, 0.3) is 0 Å². The second kappa shape index (κ2) is 7.86. The lowest BCUT2D eigenvalue weighted by atomic mass is 10.2. The quantitative estimate of drug-likeness (QED) is 0.798. The number of thiocarbonyl (C=S) groups is 1. The minimum atomic E-state index is -0.249. The van der Waals surface area contributed by atoms with Crippen molar-refractivity contribution in [2.75, 3.05) is 25.0 Å². The smallest absolute Gasteiger partial charge is 0.170 e. The Balaban J connectivity index is 1.57. The van der Waals surface area contributed by atoms with Crippen LogP contribution in [0.3, 0.4) is 0 Å². The van der Waals surface area contributed by atoms with Gasteiger partial charge in [0, 0.05) is 17.1 Å². The van der Waals surface area contributed by atoms with Gasteiger partial charge in [0.25, 0.3) is 0 Å². The van der Waals surface area contributed by atoms with E-state index in [1.54, 1.807) is 23.5 Å². The van der Waals surface area contributed by atoms with E-state index >= 15 is 0 Å². The van der Waals surface area contributed by atoms with Gasteiger partial charge >= 0.3 is 0 Å². The second-order valence-electron chi connectivity index (χ2n) is 5.62. The van der Waals surface area contributed by atoms with Gasteiger partial charge in [-0.2, -0.15) is 0 Å². The molecule has 1 aliphatic heterocycles. The zero-order valence-electron chi connectivity index (χ0n) is 12.8. The Bertz CT molecular complexity index is 622. The molecular formula is C17H20FN3S2. The highest BCUT2D eigenvalue weighted by atomic mass is 32.1. The zero-order valence-corrected chi connectivity index (χ0v) is 14.4. The number of likely N-dealkylation sites (tertiary alicyclic amines) is 1. The van der Waals surface area contributed by atoms with E-state index in [0.29, 0.717) is 11.2 Å².